The van der Waals surface area contributed by atoms with Crippen molar-refractivity contribution in [2.75, 3.05) is 6.61 Å². The van der Waals surface area contributed by atoms with Crippen LogP contribution in [0.2, 0.25) is 0 Å². The maximum absolute atomic E-state index is 9.24. The highest BCUT2D eigenvalue weighted by molar-refractivity contribution is 4.61. The molecule has 0 aromatic heterocycles. The molecule has 0 radical (unpaired) electrons. The predicted octanol–water partition coefficient (Wildman–Crippen LogP) is 10.8. The van der Waals surface area contributed by atoms with E-state index >= 15 is 0 Å². The van der Waals surface area contributed by atoms with E-state index in [1.807, 2.05) is 0 Å². The van der Waals surface area contributed by atoms with Crippen LogP contribution in [0.15, 0.2) is 0 Å². The number of rotatable bonds is 27. The molecule has 0 saturated heterocycles. The SMILES string of the molecule is CCCCCCCCCCCCCC(CCCO)CCCCCCCCCCCCC. The largest absolute Gasteiger partial charge is 0.396 e. The molecule has 0 atom stereocenters. The number of aliphatic hydroxyl groups is 1. The molecule has 0 aliphatic heterocycles. The molecular formula is C30H62O. The van der Waals surface area contributed by atoms with Gasteiger partial charge >= 0.3 is 0 Å². The Morgan fingerprint density at radius 3 is 0.903 bits per heavy atom. The second kappa shape index (κ2) is 28.0. The number of aliphatic hydroxyl groups excluding tert-OH is 1. The zero-order valence-corrected chi connectivity index (χ0v) is 22.1. The highest BCUT2D eigenvalue weighted by atomic mass is 16.2. The average Bonchev–Trinajstić information content (AvgIpc) is 2.78. The van der Waals surface area contributed by atoms with Crippen LogP contribution in [0.25, 0.3) is 0 Å². The van der Waals surface area contributed by atoms with E-state index < -0.39 is 0 Å². The van der Waals surface area contributed by atoms with Crippen molar-refractivity contribution < 1.29 is 5.11 Å². The van der Waals surface area contributed by atoms with Gasteiger partial charge in [0, 0.05) is 6.61 Å². The first kappa shape index (κ1) is 31.0. The van der Waals surface area contributed by atoms with Gasteiger partial charge in [0.2, 0.25) is 0 Å². The molecule has 0 saturated carbocycles. The highest BCUT2D eigenvalue weighted by Crippen LogP contribution is 2.23. The molecule has 1 N–H and O–H groups in total. The van der Waals surface area contributed by atoms with Crippen LogP contribution in [0.5, 0.6) is 0 Å². The molecule has 0 aliphatic rings. The van der Waals surface area contributed by atoms with Crippen molar-refractivity contribution in [3.8, 4) is 0 Å². The Morgan fingerprint density at radius 1 is 0.355 bits per heavy atom. The van der Waals surface area contributed by atoms with Crippen LogP contribution >= 0.6 is 0 Å². The van der Waals surface area contributed by atoms with Crippen LogP contribution < -0.4 is 0 Å². The van der Waals surface area contributed by atoms with E-state index in [-0.39, 0.29) is 0 Å². The molecule has 0 rings (SSSR count). The predicted molar refractivity (Wildman–Crippen MR) is 142 cm³/mol. The van der Waals surface area contributed by atoms with Gasteiger partial charge in [-0.05, 0) is 18.8 Å². The Kier molecular flexibility index (Phi) is 28.0. The second-order valence-electron chi connectivity index (χ2n) is 10.4. The maximum atomic E-state index is 9.24. The van der Waals surface area contributed by atoms with Gasteiger partial charge in [0.15, 0.2) is 0 Å². The van der Waals surface area contributed by atoms with Crippen molar-refractivity contribution >= 4 is 0 Å². The molecule has 31 heavy (non-hydrogen) atoms. The molecule has 1 heteroatoms. The number of hydrogen-bond donors (Lipinski definition) is 1. The summed E-state index contributed by atoms with van der Waals surface area (Å²) in [7, 11) is 0. The maximum Gasteiger partial charge on any atom is 0.0431 e. The van der Waals surface area contributed by atoms with E-state index in [1.165, 1.54) is 161 Å². The van der Waals surface area contributed by atoms with Crippen molar-refractivity contribution in [3.63, 3.8) is 0 Å². The van der Waals surface area contributed by atoms with Gasteiger partial charge in [-0.2, -0.15) is 0 Å². The third kappa shape index (κ3) is 26.1. The molecule has 0 bridgehead atoms. The zero-order valence-electron chi connectivity index (χ0n) is 22.1. The third-order valence-electron chi connectivity index (χ3n) is 7.20. The molecule has 0 spiro atoms. The topological polar surface area (TPSA) is 20.2 Å². The fraction of sp³-hybridized carbons (Fsp3) is 1.00. The molecule has 0 amide bonds. The lowest BCUT2D eigenvalue weighted by Crippen LogP contribution is -2.02. The van der Waals surface area contributed by atoms with Crippen LogP contribution in [0.1, 0.15) is 181 Å². The second-order valence-corrected chi connectivity index (χ2v) is 10.4. The zero-order chi connectivity index (χ0) is 22.7. The highest BCUT2D eigenvalue weighted by Gasteiger charge is 2.08. The van der Waals surface area contributed by atoms with E-state index in [0.717, 1.165) is 12.3 Å². The van der Waals surface area contributed by atoms with Crippen LogP contribution in [0.4, 0.5) is 0 Å². The molecule has 0 unspecified atom stereocenters. The number of hydrogen-bond acceptors (Lipinski definition) is 1. The first-order valence-corrected chi connectivity index (χ1v) is 15.0. The van der Waals surface area contributed by atoms with Crippen LogP contribution in [-0.4, -0.2) is 11.7 Å². The average molecular weight is 439 g/mol. The molecule has 0 aromatic rings. The lowest BCUT2D eigenvalue weighted by molar-refractivity contribution is 0.261. The lowest BCUT2D eigenvalue weighted by atomic mass is 9.90. The quantitative estimate of drug-likeness (QED) is 0.126. The first-order chi connectivity index (χ1) is 15.3. The smallest absolute Gasteiger partial charge is 0.0431 e. The van der Waals surface area contributed by atoms with Crippen LogP contribution in [0.3, 0.4) is 0 Å². The van der Waals surface area contributed by atoms with E-state index in [4.69, 9.17) is 0 Å². The summed E-state index contributed by atoms with van der Waals surface area (Å²) in [4.78, 5) is 0. The van der Waals surface area contributed by atoms with Crippen molar-refractivity contribution in [3.05, 3.63) is 0 Å². The Balaban J connectivity index is 3.50. The van der Waals surface area contributed by atoms with Gasteiger partial charge in [-0.25, -0.2) is 0 Å². The van der Waals surface area contributed by atoms with Crippen molar-refractivity contribution in [1.82, 2.24) is 0 Å². The summed E-state index contributed by atoms with van der Waals surface area (Å²) < 4.78 is 0. The van der Waals surface area contributed by atoms with E-state index in [9.17, 15) is 5.11 Å². The van der Waals surface area contributed by atoms with Crippen LogP contribution in [0, 0.1) is 5.92 Å². The molecule has 188 valence electrons. The Labute approximate surface area is 198 Å². The third-order valence-corrected chi connectivity index (χ3v) is 7.20. The van der Waals surface area contributed by atoms with E-state index in [0.29, 0.717) is 6.61 Å². The van der Waals surface area contributed by atoms with Crippen LogP contribution in [-0.2, 0) is 0 Å². The minimum atomic E-state index is 0.382. The Bertz CT molecular complexity index is 275. The lowest BCUT2D eigenvalue weighted by Gasteiger charge is -2.16. The molecular weight excluding hydrogens is 376 g/mol. The van der Waals surface area contributed by atoms with Crippen molar-refractivity contribution in [1.29, 1.82) is 0 Å². The standard InChI is InChI=1S/C30H62O/c1-3-5-7-9-11-13-15-17-19-21-23-26-30(28-25-29-31)27-24-22-20-18-16-14-12-10-8-6-4-2/h30-31H,3-29H2,1-2H3. The minimum Gasteiger partial charge on any atom is -0.396 e. The summed E-state index contributed by atoms with van der Waals surface area (Å²) in [6, 6.07) is 0. The summed E-state index contributed by atoms with van der Waals surface area (Å²) >= 11 is 0. The van der Waals surface area contributed by atoms with Gasteiger partial charge in [0.25, 0.3) is 0 Å². The fourth-order valence-electron chi connectivity index (χ4n) is 5.01. The summed E-state index contributed by atoms with van der Waals surface area (Å²) in [5.74, 6) is 0.879. The molecule has 1 nitrogen and oxygen atoms in total. The normalized spacial score (nSPS) is 11.6. The summed E-state index contributed by atoms with van der Waals surface area (Å²) in [5, 5.41) is 9.24. The molecule has 0 heterocycles. The minimum absolute atomic E-state index is 0.382. The van der Waals surface area contributed by atoms with Crippen molar-refractivity contribution in [2.45, 2.75) is 181 Å². The van der Waals surface area contributed by atoms with E-state index in [1.54, 1.807) is 0 Å². The van der Waals surface area contributed by atoms with Gasteiger partial charge in [-0.3, -0.25) is 0 Å². The Morgan fingerprint density at radius 2 is 0.613 bits per heavy atom. The van der Waals surface area contributed by atoms with Gasteiger partial charge < -0.3 is 5.11 Å². The summed E-state index contributed by atoms with van der Waals surface area (Å²) in [6.07, 6.45) is 36.7. The van der Waals surface area contributed by atoms with Crippen molar-refractivity contribution in [2.24, 2.45) is 5.92 Å². The molecule has 0 fully saturated rings. The molecule has 0 aliphatic carbocycles. The van der Waals surface area contributed by atoms with E-state index in [2.05, 4.69) is 13.8 Å². The van der Waals surface area contributed by atoms with Gasteiger partial charge in [-0.1, -0.05) is 168 Å². The summed E-state index contributed by atoms with van der Waals surface area (Å²) in [6.45, 7) is 4.98. The monoisotopic (exact) mass is 438 g/mol. The number of unbranched alkanes of at least 4 members (excludes halogenated alkanes) is 20. The van der Waals surface area contributed by atoms with Gasteiger partial charge in [0.05, 0.1) is 0 Å². The van der Waals surface area contributed by atoms with Gasteiger partial charge in [0.1, 0.15) is 0 Å². The Hall–Kier alpha value is -0.0400. The molecule has 0 aromatic carbocycles. The first-order valence-electron chi connectivity index (χ1n) is 15.0. The summed E-state index contributed by atoms with van der Waals surface area (Å²) in [5.41, 5.74) is 0. The van der Waals surface area contributed by atoms with Gasteiger partial charge in [-0.15, -0.1) is 0 Å². The fourth-order valence-corrected chi connectivity index (χ4v) is 5.01.